The van der Waals surface area contributed by atoms with Crippen molar-refractivity contribution < 1.29 is 4.74 Å². The number of halogens is 1. The van der Waals surface area contributed by atoms with Gasteiger partial charge in [-0.2, -0.15) is 0 Å². The van der Waals surface area contributed by atoms with E-state index < -0.39 is 0 Å². The van der Waals surface area contributed by atoms with Crippen LogP contribution >= 0.6 is 27.3 Å². The summed E-state index contributed by atoms with van der Waals surface area (Å²) < 4.78 is 7.48. The van der Waals surface area contributed by atoms with Crippen LogP contribution < -0.4 is 4.90 Å². The Hall–Kier alpha value is -0.590. The van der Waals surface area contributed by atoms with Gasteiger partial charge >= 0.3 is 0 Å². The molecule has 0 aromatic carbocycles. The Morgan fingerprint density at radius 1 is 1.60 bits per heavy atom. The summed E-state index contributed by atoms with van der Waals surface area (Å²) in [6, 6.07) is 0.535. The van der Waals surface area contributed by atoms with Crippen LogP contribution in [-0.4, -0.2) is 35.7 Å². The molecule has 6 heteroatoms. The Bertz CT molecular complexity index is 578. The Morgan fingerprint density at radius 3 is 3.05 bits per heavy atom. The van der Waals surface area contributed by atoms with E-state index in [-0.39, 0.29) is 0 Å². The lowest BCUT2D eigenvalue weighted by atomic mass is 10.2. The van der Waals surface area contributed by atoms with Gasteiger partial charge in [0, 0.05) is 36.6 Å². The van der Waals surface area contributed by atoms with Gasteiger partial charge in [-0.25, -0.2) is 4.98 Å². The third-order valence-electron chi connectivity index (χ3n) is 4.07. The van der Waals surface area contributed by atoms with Gasteiger partial charge in [0.2, 0.25) is 0 Å². The minimum absolute atomic E-state index is 0.535. The molecule has 0 amide bonds. The molecule has 0 saturated heterocycles. The van der Waals surface area contributed by atoms with Gasteiger partial charge < -0.3 is 9.64 Å². The van der Waals surface area contributed by atoms with Gasteiger partial charge in [0.25, 0.3) is 0 Å². The summed E-state index contributed by atoms with van der Waals surface area (Å²) in [4.78, 5) is 8.35. The van der Waals surface area contributed by atoms with Crippen LogP contribution in [0.1, 0.15) is 25.5 Å². The number of anilines is 1. The van der Waals surface area contributed by atoms with Crippen LogP contribution in [0, 0.1) is 5.92 Å². The predicted octanol–water partition coefficient (Wildman–Crippen LogP) is 3.54. The molecule has 110 valence electrons. The average Bonchev–Trinajstić information content (AvgIpc) is 3.11. The maximum absolute atomic E-state index is 5.29. The van der Waals surface area contributed by atoms with Crippen molar-refractivity contribution in [1.82, 2.24) is 9.38 Å². The molecule has 0 aliphatic heterocycles. The van der Waals surface area contributed by atoms with Crippen LogP contribution in [0.5, 0.6) is 0 Å². The van der Waals surface area contributed by atoms with E-state index in [2.05, 4.69) is 43.7 Å². The summed E-state index contributed by atoms with van der Waals surface area (Å²) in [5.74, 6) is 1.93. The van der Waals surface area contributed by atoms with Crippen LogP contribution in [0.2, 0.25) is 0 Å². The van der Waals surface area contributed by atoms with Crippen molar-refractivity contribution in [2.24, 2.45) is 5.92 Å². The number of fused-ring (bicyclic) bond motifs is 1. The van der Waals surface area contributed by atoms with E-state index in [1.54, 1.807) is 18.4 Å². The lowest BCUT2D eigenvalue weighted by Gasteiger charge is -2.30. The summed E-state index contributed by atoms with van der Waals surface area (Å²) in [5.41, 5.74) is 1.24. The van der Waals surface area contributed by atoms with Crippen molar-refractivity contribution >= 4 is 38.0 Å². The Labute approximate surface area is 131 Å². The van der Waals surface area contributed by atoms with E-state index in [0.29, 0.717) is 6.04 Å². The minimum Gasteiger partial charge on any atom is -0.383 e. The van der Waals surface area contributed by atoms with Gasteiger partial charge in [-0.1, -0.05) is 15.9 Å². The summed E-state index contributed by atoms with van der Waals surface area (Å²) in [7, 11) is 1.76. The normalized spacial score (nSPS) is 16.8. The third kappa shape index (κ3) is 2.61. The summed E-state index contributed by atoms with van der Waals surface area (Å²) in [6.07, 6.45) is 4.79. The monoisotopic (exact) mass is 357 g/mol. The fraction of sp³-hybridized carbons (Fsp3) is 0.643. The zero-order valence-electron chi connectivity index (χ0n) is 11.9. The van der Waals surface area contributed by atoms with Crippen LogP contribution in [0.25, 0.3) is 4.96 Å². The molecule has 2 aromatic heterocycles. The number of alkyl halides is 1. The second kappa shape index (κ2) is 6.03. The molecular weight excluding hydrogens is 338 g/mol. The Balaban J connectivity index is 1.95. The van der Waals surface area contributed by atoms with E-state index in [1.165, 1.54) is 18.5 Å². The Kier molecular flexibility index (Phi) is 4.33. The number of rotatable bonds is 7. The van der Waals surface area contributed by atoms with Crippen LogP contribution in [0.15, 0.2) is 11.6 Å². The lowest BCUT2D eigenvalue weighted by Crippen LogP contribution is -2.38. The molecule has 0 spiro atoms. The summed E-state index contributed by atoms with van der Waals surface area (Å²) >= 11 is 5.31. The number of imidazole rings is 1. The maximum Gasteiger partial charge on any atom is 0.195 e. The Morgan fingerprint density at radius 2 is 2.40 bits per heavy atom. The molecule has 4 nitrogen and oxygen atoms in total. The minimum atomic E-state index is 0.535. The molecule has 1 aliphatic carbocycles. The maximum atomic E-state index is 5.29. The molecule has 2 aromatic rings. The highest BCUT2D eigenvalue weighted by atomic mass is 79.9. The fourth-order valence-electron chi connectivity index (χ4n) is 2.70. The molecule has 1 aliphatic rings. The van der Waals surface area contributed by atoms with Gasteiger partial charge in [-0.15, -0.1) is 11.3 Å². The molecule has 0 radical (unpaired) electrons. The number of aromatic nitrogens is 2. The zero-order valence-corrected chi connectivity index (χ0v) is 14.3. The highest BCUT2D eigenvalue weighted by molar-refractivity contribution is 9.08. The van der Waals surface area contributed by atoms with E-state index >= 15 is 0 Å². The van der Waals surface area contributed by atoms with Gasteiger partial charge in [-0.05, 0) is 25.7 Å². The average molecular weight is 358 g/mol. The van der Waals surface area contributed by atoms with Crippen LogP contribution in [-0.2, 0) is 10.1 Å². The van der Waals surface area contributed by atoms with Gasteiger partial charge in [0.05, 0.1) is 12.3 Å². The van der Waals surface area contributed by atoms with Gasteiger partial charge in [-0.3, -0.25) is 4.40 Å². The van der Waals surface area contributed by atoms with Crippen molar-refractivity contribution in [1.29, 1.82) is 0 Å². The fourth-order valence-corrected chi connectivity index (χ4v) is 3.95. The number of ether oxygens (including phenoxy) is 1. The van der Waals surface area contributed by atoms with E-state index in [0.717, 1.165) is 35.2 Å². The number of hydrogen-bond acceptors (Lipinski definition) is 4. The predicted molar refractivity (Wildman–Crippen MR) is 87.1 cm³/mol. The number of nitrogens with zero attached hydrogens (tertiary/aromatic N) is 3. The molecule has 3 rings (SSSR count). The smallest absolute Gasteiger partial charge is 0.195 e. The third-order valence-corrected chi connectivity index (χ3v) is 5.36. The quantitative estimate of drug-likeness (QED) is 0.709. The molecule has 1 fully saturated rings. The first kappa shape index (κ1) is 14.4. The van der Waals surface area contributed by atoms with Gasteiger partial charge in [0.1, 0.15) is 0 Å². The molecule has 1 unspecified atom stereocenters. The largest absolute Gasteiger partial charge is 0.383 e. The molecule has 0 bridgehead atoms. The summed E-state index contributed by atoms with van der Waals surface area (Å²) in [6.45, 7) is 3.96. The van der Waals surface area contributed by atoms with Crippen molar-refractivity contribution in [3.05, 3.63) is 17.3 Å². The molecule has 2 heterocycles. The van der Waals surface area contributed by atoms with E-state index in [1.807, 2.05) is 0 Å². The molecule has 0 N–H and O–H groups in total. The van der Waals surface area contributed by atoms with Crippen LogP contribution in [0.3, 0.4) is 0 Å². The highest BCUT2D eigenvalue weighted by Gasteiger charge is 2.34. The van der Waals surface area contributed by atoms with E-state index in [9.17, 15) is 0 Å². The number of thiazole rings is 1. The SMILES string of the molecule is COCCN(c1nc2sccn2c1CBr)C(C)C1CC1. The second-order valence-corrected chi connectivity index (χ2v) is 6.77. The zero-order chi connectivity index (χ0) is 14.1. The topological polar surface area (TPSA) is 29.8 Å². The standard InChI is InChI=1S/C14H20BrN3OS/c1-10(11-3-4-11)17(5-7-19-2)13-12(9-15)18-6-8-20-14(18)16-13/h6,8,10-11H,3-5,7,9H2,1-2H3. The molecule has 20 heavy (non-hydrogen) atoms. The number of methoxy groups -OCH3 is 1. The summed E-state index contributed by atoms with van der Waals surface area (Å²) in [5, 5.41) is 2.91. The lowest BCUT2D eigenvalue weighted by molar-refractivity contribution is 0.202. The van der Waals surface area contributed by atoms with Crippen molar-refractivity contribution in [2.75, 3.05) is 25.2 Å². The van der Waals surface area contributed by atoms with Gasteiger partial charge in [0.15, 0.2) is 10.8 Å². The van der Waals surface area contributed by atoms with E-state index in [4.69, 9.17) is 9.72 Å². The number of hydrogen-bond donors (Lipinski definition) is 0. The highest BCUT2D eigenvalue weighted by Crippen LogP contribution is 2.38. The first-order valence-corrected chi connectivity index (χ1v) is 9.02. The molecule has 1 atom stereocenters. The van der Waals surface area contributed by atoms with Crippen molar-refractivity contribution in [3.63, 3.8) is 0 Å². The van der Waals surface area contributed by atoms with Crippen molar-refractivity contribution in [2.45, 2.75) is 31.1 Å². The first-order valence-electron chi connectivity index (χ1n) is 7.02. The molecular formula is C14H20BrN3OS. The van der Waals surface area contributed by atoms with Crippen molar-refractivity contribution in [3.8, 4) is 0 Å². The second-order valence-electron chi connectivity index (χ2n) is 5.34. The molecule has 1 saturated carbocycles. The first-order chi connectivity index (χ1) is 9.76. The van der Waals surface area contributed by atoms with Crippen LogP contribution in [0.4, 0.5) is 5.82 Å².